The van der Waals surface area contributed by atoms with E-state index in [1.165, 1.54) is 0 Å². The van der Waals surface area contributed by atoms with Crippen molar-refractivity contribution < 1.29 is 0 Å². The van der Waals surface area contributed by atoms with Crippen LogP contribution in [0.25, 0.3) is 0 Å². The minimum atomic E-state index is 0.165. The van der Waals surface area contributed by atoms with Crippen LogP contribution >= 0.6 is 11.3 Å². The van der Waals surface area contributed by atoms with Crippen LogP contribution in [0.5, 0.6) is 0 Å². The number of hydrogen-bond donors (Lipinski definition) is 0. The van der Waals surface area contributed by atoms with Crippen LogP contribution in [0.4, 0.5) is 5.13 Å². The highest BCUT2D eigenvalue weighted by molar-refractivity contribution is 7.13. The minimum absolute atomic E-state index is 0.165. The molecule has 1 aromatic rings. The second-order valence-electron chi connectivity index (χ2n) is 3.54. The van der Waals surface area contributed by atoms with E-state index in [2.05, 4.69) is 37.7 Å². The van der Waals surface area contributed by atoms with Gasteiger partial charge in [-0.05, 0) is 20.8 Å². The molecule has 2 nitrogen and oxygen atoms in total. The number of aromatic nitrogens is 1. The average Bonchev–Trinajstić information content (AvgIpc) is 2.34. The van der Waals surface area contributed by atoms with Gasteiger partial charge in [-0.25, -0.2) is 4.98 Å². The lowest BCUT2D eigenvalue weighted by Gasteiger charge is -2.31. The highest BCUT2D eigenvalue weighted by Crippen LogP contribution is 2.23. The highest BCUT2D eigenvalue weighted by Gasteiger charge is 2.18. The summed E-state index contributed by atoms with van der Waals surface area (Å²) in [6, 6.07) is 0. The Morgan fingerprint density at radius 2 is 2.09 bits per heavy atom. The summed E-state index contributed by atoms with van der Waals surface area (Å²) in [5.41, 5.74) is 0.165. The maximum atomic E-state index is 4.23. The summed E-state index contributed by atoms with van der Waals surface area (Å²) >= 11 is 1.67. The van der Waals surface area contributed by atoms with Gasteiger partial charge in [0.2, 0.25) is 0 Å². The van der Waals surface area contributed by atoms with Gasteiger partial charge in [0, 0.05) is 24.2 Å². The number of thiazole rings is 1. The fraction of sp³-hybridized carbons (Fsp3) is 0.625. The van der Waals surface area contributed by atoms with Crippen LogP contribution in [0.1, 0.15) is 20.8 Å². The Labute approximate surface area is 71.9 Å². The average molecular weight is 170 g/mol. The van der Waals surface area contributed by atoms with Crippen molar-refractivity contribution in [3.8, 4) is 0 Å². The van der Waals surface area contributed by atoms with Gasteiger partial charge in [-0.3, -0.25) is 0 Å². The lowest BCUT2D eigenvalue weighted by molar-refractivity contribution is 0.538. The van der Waals surface area contributed by atoms with Crippen LogP contribution in [0.2, 0.25) is 0 Å². The Bertz CT molecular complexity index is 210. The van der Waals surface area contributed by atoms with Crippen molar-refractivity contribution in [2.24, 2.45) is 0 Å². The van der Waals surface area contributed by atoms with Crippen molar-refractivity contribution in [2.45, 2.75) is 26.3 Å². The zero-order valence-corrected chi connectivity index (χ0v) is 8.27. The molecule has 62 valence electrons. The van der Waals surface area contributed by atoms with Crippen molar-refractivity contribution in [1.82, 2.24) is 4.98 Å². The summed E-state index contributed by atoms with van der Waals surface area (Å²) in [6.07, 6.45) is 1.84. The lowest BCUT2D eigenvalue weighted by atomic mass is 10.1. The quantitative estimate of drug-likeness (QED) is 0.643. The van der Waals surface area contributed by atoms with E-state index in [1.807, 2.05) is 11.6 Å². The largest absolute Gasteiger partial charge is 0.346 e. The number of nitrogens with zero attached hydrogens (tertiary/aromatic N) is 2. The van der Waals surface area contributed by atoms with Gasteiger partial charge in [-0.1, -0.05) is 0 Å². The van der Waals surface area contributed by atoms with Gasteiger partial charge in [0.15, 0.2) is 5.13 Å². The molecule has 1 aromatic heterocycles. The van der Waals surface area contributed by atoms with Crippen LogP contribution in [-0.2, 0) is 0 Å². The maximum absolute atomic E-state index is 4.23. The van der Waals surface area contributed by atoms with Crippen LogP contribution in [0, 0.1) is 0 Å². The van der Waals surface area contributed by atoms with E-state index in [-0.39, 0.29) is 5.54 Å². The summed E-state index contributed by atoms with van der Waals surface area (Å²) in [5, 5.41) is 3.08. The molecule has 0 amide bonds. The van der Waals surface area contributed by atoms with E-state index in [1.54, 1.807) is 11.3 Å². The molecule has 0 aliphatic heterocycles. The molecule has 0 fully saturated rings. The van der Waals surface area contributed by atoms with E-state index < -0.39 is 0 Å². The van der Waals surface area contributed by atoms with Crippen molar-refractivity contribution in [2.75, 3.05) is 11.9 Å². The fourth-order valence-electron chi connectivity index (χ4n) is 0.668. The zero-order valence-electron chi connectivity index (χ0n) is 7.46. The van der Waals surface area contributed by atoms with Crippen molar-refractivity contribution >= 4 is 16.5 Å². The first-order chi connectivity index (χ1) is 5.02. The van der Waals surface area contributed by atoms with E-state index >= 15 is 0 Å². The molecule has 11 heavy (non-hydrogen) atoms. The van der Waals surface area contributed by atoms with Gasteiger partial charge in [0.05, 0.1) is 0 Å². The Kier molecular flexibility index (Phi) is 2.18. The highest BCUT2D eigenvalue weighted by atomic mass is 32.1. The van der Waals surface area contributed by atoms with Gasteiger partial charge < -0.3 is 4.90 Å². The Hall–Kier alpha value is -0.570. The van der Waals surface area contributed by atoms with Gasteiger partial charge in [-0.15, -0.1) is 11.3 Å². The molecule has 0 aliphatic carbocycles. The molecule has 0 aliphatic rings. The van der Waals surface area contributed by atoms with E-state index in [4.69, 9.17) is 0 Å². The molecule has 3 heteroatoms. The SMILES string of the molecule is CN(c1nccs1)C(C)(C)C. The van der Waals surface area contributed by atoms with Gasteiger partial charge in [0.1, 0.15) is 0 Å². The van der Waals surface area contributed by atoms with Gasteiger partial charge in [-0.2, -0.15) is 0 Å². The van der Waals surface area contributed by atoms with E-state index in [0.29, 0.717) is 0 Å². The Morgan fingerprint density at radius 3 is 2.45 bits per heavy atom. The molecule has 0 atom stereocenters. The third kappa shape index (κ3) is 1.93. The lowest BCUT2D eigenvalue weighted by Crippen LogP contribution is -2.37. The van der Waals surface area contributed by atoms with E-state index in [0.717, 1.165) is 5.13 Å². The smallest absolute Gasteiger partial charge is 0.185 e. The predicted molar refractivity (Wildman–Crippen MR) is 50.3 cm³/mol. The molecule has 0 spiro atoms. The predicted octanol–water partition coefficient (Wildman–Crippen LogP) is 2.38. The van der Waals surface area contributed by atoms with Gasteiger partial charge in [0.25, 0.3) is 0 Å². The van der Waals surface area contributed by atoms with Crippen LogP contribution in [0.3, 0.4) is 0 Å². The maximum Gasteiger partial charge on any atom is 0.185 e. The minimum Gasteiger partial charge on any atom is -0.346 e. The second kappa shape index (κ2) is 2.81. The molecule has 0 bridgehead atoms. The molecule has 1 rings (SSSR count). The number of anilines is 1. The number of rotatable bonds is 1. The molecule has 0 radical (unpaired) electrons. The fourth-order valence-corrected chi connectivity index (χ4v) is 1.47. The van der Waals surface area contributed by atoms with Crippen LogP contribution in [-0.4, -0.2) is 17.6 Å². The Balaban J connectivity index is 2.78. The Morgan fingerprint density at radius 1 is 1.45 bits per heavy atom. The van der Waals surface area contributed by atoms with Crippen molar-refractivity contribution in [1.29, 1.82) is 0 Å². The first kappa shape index (κ1) is 8.53. The normalized spacial score (nSPS) is 11.6. The standard InChI is InChI=1S/C8H14N2S/c1-8(2,3)10(4)7-9-5-6-11-7/h5-6H,1-4H3. The van der Waals surface area contributed by atoms with Gasteiger partial charge >= 0.3 is 0 Å². The molecule has 0 N–H and O–H groups in total. The van der Waals surface area contributed by atoms with Crippen molar-refractivity contribution in [3.63, 3.8) is 0 Å². The molecule has 0 unspecified atom stereocenters. The molecule has 1 heterocycles. The van der Waals surface area contributed by atoms with Crippen LogP contribution < -0.4 is 4.90 Å². The third-order valence-corrected chi connectivity index (χ3v) is 2.56. The topological polar surface area (TPSA) is 16.1 Å². The van der Waals surface area contributed by atoms with Crippen molar-refractivity contribution in [3.05, 3.63) is 11.6 Å². The third-order valence-electron chi connectivity index (χ3n) is 1.71. The first-order valence-electron chi connectivity index (χ1n) is 3.65. The molecule has 0 aromatic carbocycles. The summed E-state index contributed by atoms with van der Waals surface area (Å²) in [7, 11) is 2.07. The first-order valence-corrected chi connectivity index (χ1v) is 4.53. The molecule has 0 saturated carbocycles. The summed E-state index contributed by atoms with van der Waals surface area (Å²) in [6.45, 7) is 6.52. The monoisotopic (exact) mass is 170 g/mol. The zero-order chi connectivity index (χ0) is 8.48. The van der Waals surface area contributed by atoms with E-state index in [9.17, 15) is 0 Å². The molecule has 0 saturated heterocycles. The van der Waals surface area contributed by atoms with Crippen LogP contribution in [0.15, 0.2) is 11.6 Å². The molecular formula is C8H14N2S. The second-order valence-corrected chi connectivity index (χ2v) is 4.42. The number of hydrogen-bond acceptors (Lipinski definition) is 3. The summed E-state index contributed by atoms with van der Waals surface area (Å²) < 4.78 is 0. The summed E-state index contributed by atoms with van der Waals surface area (Å²) in [5.74, 6) is 0. The molecular weight excluding hydrogens is 156 g/mol. The summed E-state index contributed by atoms with van der Waals surface area (Å²) in [4.78, 5) is 6.41.